The Labute approximate surface area is 108 Å². The van der Waals surface area contributed by atoms with E-state index in [0.717, 1.165) is 39.3 Å². The first-order chi connectivity index (χ1) is 8.51. The van der Waals surface area contributed by atoms with Crippen LogP contribution in [0, 0.1) is 0 Å². The van der Waals surface area contributed by atoms with Gasteiger partial charge in [-0.15, -0.1) is 0 Å². The highest BCUT2D eigenvalue weighted by molar-refractivity contribution is 7.87. The maximum Gasteiger partial charge on any atom is 0.421 e. The highest BCUT2D eigenvalue weighted by Crippen LogP contribution is 2.21. The molecule has 0 aromatic carbocycles. The summed E-state index contributed by atoms with van der Waals surface area (Å²) < 4.78 is 31.6. The molecule has 0 saturated carbocycles. The van der Waals surface area contributed by atoms with E-state index >= 15 is 0 Å². The molecule has 0 radical (unpaired) electrons. The van der Waals surface area contributed by atoms with Crippen molar-refractivity contribution in [2.24, 2.45) is 0 Å². The van der Waals surface area contributed by atoms with Gasteiger partial charge in [0.25, 0.3) is 0 Å². The van der Waals surface area contributed by atoms with Crippen molar-refractivity contribution in [1.29, 1.82) is 0 Å². The molecule has 0 aliphatic carbocycles. The second kappa shape index (κ2) is 6.91. The molecule has 2 N–H and O–H groups in total. The van der Waals surface area contributed by atoms with Crippen LogP contribution in [0.15, 0.2) is 0 Å². The van der Waals surface area contributed by atoms with Crippen LogP contribution in [-0.4, -0.2) is 52.1 Å². The van der Waals surface area contributed by atoms with E-state index in [0.29, 0.717) is 6.54 Å². The Balaban J connectivity index is 2.72. The number of rotatable bonds is 5. The van der Waals surface area contributed by atoms with Crippen molar-refractivity contribution in [1.82, 2.24) is 14.3 Å². The Morgan fingerprint density at radius 3 is 2.78 bits per heavy atom. The molecule has 1 fully saturated rings. The van der Waals surface area contributed by atoms with Crippen molar-refractivity contribution in [3.05, 3.63) is 0 Å². The average molecular weight is 279 g/mol. The number of piperidine rings is 1. The molecular weight excluding hydrogens is 258 g/mol. The van der Waals surface area contributed by atoms with E-state index in [9.17, 15) is 13.2 Å². The molecule has 1 unspecified atom stereocenters. The largest absolute Gasteiger partial charge is 0.452 e. The zero-order valence-corrected chi connectivity index (χ0v) is 11.6. The number of hydrogen-bond donors (Lipinski definition) is 2. The lowest BCUT2D eigenvalue weighted by Gasteiger charge is -2.34. The predicted octanol–water partition coefficient (Wildman–Crippen LogP) is 0.0512. The third-order valence-electron chi connectivity index (χ3n) is 3.01. The van der Waals surface area contributed by atoms with Gasteiger partial charge in [-0.1, -0.05) is 6.42 Å². The molecule has 8 heteroatoms. The van der Waals surface area contributed by atoms with Gasteiger partial charge in [-0.25, -0.2) is 9.52 Å². The summed E-state index contributed by atoms with van der Waals surface area (Å²) in [5, 5.41) is 3.01. The standard InChI is InChI=1S/C10H21N3O4S/c1-11-7-6-9-5-3-4-8-13(9)18(15,16)12-10(14)17-2/h9,11H,3-8H2,1-2H3,(H,12,14). The van der Waals surface area contributed by atoms with Crippen molar-refractivity contribution < 1.29 is 17.9 Å². The van der Waals surface area contributed by atoms with Gasteiger partial charge in [-0.05, 0) is 32.9 Å². The number of carbonyl (C=O) groups is 1. The molecule has 1 rings (SSSR count). The number of carbonyl (C=O) groups excluding carboxylic acids is 1. The highest BCUT2D eigenvalue weighted by Gasteiger charge is 2.33. The molecular formula is C10H21N3O4S. The van der Waals surface area contributed by atoms with Gasteiger partial charge < -0.3 is 10.1 Å². The SMILES string of the molecule is CNCCC1CCCCN1S(=O)(=O)NC(=O)OC. The second-order valence-electron chi connectivity index (χ2n) is 4.25. The van der Waals surface area contributed by atoms with Crippen molar-refractivity contribution in [2.45, 2.75) is 31.7 Å². The summed E-state index contributed by atoms with van der Waals surface area (Å²) in [5.74, 6) is 0. The van der Waals surface area contributed by atoms with E-state index in [-0.39, 0.29) is 6.04 Å². The molecule has 7 nitrogen and oxygen atoms in total. The van der Waals surface area contributed by atoms with Crippen molar-refractivity contribution in [2.75, 3.05) is 27.2 Å². The minimum atomic E-state index is -3.79. The normalized spacial score (nSPS) is 21.6. The smallest absolute Gasteiger partial charge is 0.421 e. The Morgan fingerprint density at radius 2 is 2.17 bits per heavy atom. The summed E-state index contributed by atoms with van der Waals surface area (Å²) >= 11 is 0. The molecule has 1 atom stereocenters. The van der Waals surface area contributed by atoms with E-state index < -0.39 is 16.3 Å². The lowest BCUT2D eigenvalue weighted by Crippen LogP contribution is -2.51. The van der Waals surface area contributed by atoms with Gasteiger partial charge in [0.2, 0.25) is 0 Å². The van der Waals surface area contributed by atoms with E-state index in [2.05, 4.69) is 10.1 Å². The summed E-state index contributed by atoms with van der Waals surface area (Å²) in [6.07, 6.45) is 2.44. The van der Waals surface area contributed by atoms with Crippen molar-refractivity contribution in [3.8, 4) is 0 Å². The van der Waals surface area contributed by atoms with Gasteiger partial charge in [0.15, 0.2) is 0 Å². The summed E-state index contributed by atoms with van der Waals surface area (Å²) in [6.45, 7) is 1.19. The van der Waals surface area contributed by atoms with Gasteiger partial charge in [-0.3, -0.25) is 0 Å². The van der Waals surface area contributed by atoms with Crippen LogP contribution >= 0.6 is 0 Å². The Hall–Kier alpha value is -0.860. The fourth-order valence-electron chi connectivity index (χ4n) is 2.10. The van der Waals surface area contributed by atoms with E-state index in [4.69, 9.17) is 0 Å². The molecule has 0 aromatic heterocycles. The lowest BCUT2D eigenvalue weighted by atomic mass is 10.0. The number of amides is 1. The van der Waals surface area contributed by atoms with Gasteiger partial charge in [-0.2, -0.15) is 12.7 Å². The first-order valence-corrected chi connectivity index (χ1v) is 7.47. The first-order valence-electron chi connectivity index (χ1n) is 6.03. The zero-order chi connectivity index (χ0) is 13.6. The summed E-state index contributed by atoms with van der Waals surface area (Å²) in [6, 6.07) is -0.0617. The van der Waals surface area contributed by atoms with Crippen LogP contribution in [-0.2, 0) is 14.9 Å². The fraction of sp³-hybridized carbons (Fsp3) is 0.900. The molecule has 1 saturated heterocycles. The van der Waals surface area contributed by atoms with Crippen LogP contribution in [0.5, 0.6) is 0 Å². The summed E-state index contributed by atoms with van der Waals surface area (Å²) in [5.41, 5.74) is 0. The molecule has 1 aliphatic heterocycles. The van der Waals surface area contributed by atoms with E-state index in [1.54, 1.807) is 0 Å². The van der Waals surface area contributed by atoms with Crippen LogP contribution in [0.3, 0.4) is 0 Å². The number of nitrogens with zero attached hydrogens (tertiary/aromatic N) is 1. The molecule has 0 bridgehead atoms. The maximum absolute atomic E-state index is 12.0. The van der Waals surface area contributed by atoms with Crippen LogP contribution < -0.4 is 10.0 Å². The predicted molar refractivity (Wildman–Crippen MR) is 67.3 cm³/mol. The lowest BCUT2D eigenvalue weighted by molar-refractivity contribution is 0.175. The van der Waals surface area contributed by atoms with Crippen molar-refractivity contribution >= 4 is 16.3 Å². The monoisotopic (exact) mass is 279 g/mol. The van der Waals surface area contributed by atoms with Crippen LogP contribution in [0.25, 0.3) is 0 Å². The molecule has 1 aliphatic rings. The van der Waals surface area contributed by atoms with Crippen LogP contribution in [0.4, 0.5) is 4.79 Å². The van der Waals surface area contributed by atoms with Gasteiger partial charge in [0, 0.05) is 12.6 Å². The Morgan fingerprint density at radius 1 is 1.44 bits per heavy atom. The summed E-state index contributed by atoms with van der Waals surface area (Å²) in [7, 11) is -0.827. The summed E-state index contributed by atoms with van der Waals surface area (Å²) in [4.78, 5) is 11.0. The van der Waals surface area contributed by atoms with Gasteiger partial charge >= 0.3 is 16.3 Å². The van der Waals surface area contributed by atoms with Gasteiger partial charge in [0.05, 0.1) is 7.11 Å². The third kappa shape index (κ3) is 4.11. The Bertz CT molecular complexity index is 371. The molecule has 1 heterocycles. The second-order valence-corrected chi connectivity index (χ2v) is 5.87. The molecule has 18 heavy (non-hydrogen) atoms. The highest BCUT2D eigenvalue weighted by atomic mass is 32.2. The topological polar surface area (TPSA) is 87.7 Å². The molecule has 0 aromatic rings. The zero-order valence-electron chi connectivity index (χ0n) is 10.8. The van der Waals surface area contributed by atoms with E-state index in [1.165, 1.54) is 4.31 Å². The minimum absolute atomic E-state index is 0.0617. The van der Waals surface area contributed by atoms with Crippen LogP contribution in [0.2, 0.25) is 0 Å². The number of methoxy groups -OCH3 is 1. The first kappa shape index (κ1) is 15.2. The maximum atomic E-state index is 12.0. The van der Waals surface area contributed by atoms with E-state index in [1.807, 2.05) is 11.8 Å². The molecule has 0 spiro atoms. The molecule has 1 amide bonds. The number of ether oxygens (including phenoxy) is 1. The third-order valence-corrected chi connectivity index (χ3v) is 4.53. The molecule has 106 valence electrons. The van der Waals surface area contributed by atoms with Crippen molar-refractivity contribution in [3.63, 3.8) is 0 Å². The van der Waals surface area contributed by atoms with Crippen LogP contribution in [0.1, 0.15) is 25.7 Å². The number of hydrogen-bond acceptors (Lipinski definition) is 5. The average Bonchev–Trinajstić information content (AvgIpc) is 2.36. The number of nitrogens with one attached hydrogen (secondary N) is 2. The Kier molecular flexibility index (Phi) is 5.83. The minimum Gasteiger partial charge on any atom is -0.452 e. The fourth-order valence-corrected chi connectivity index (χ4v) is 3.48. The van der Waals surface area contributed by atoms with Gasteiger partial charge in [0.1, 0.15) is 0 Å². The quantitative estimate of drug-likeness (QED) is 0.742.